The topological polar surface area (TPSA) is 106 Å². The number of aromatic amines is 1. The number of halogens is 4. The monoisotopic (exact) mass is 631 g/mol. The van der Waals surface area contributed by atoms with E-state index < -0.39 is 23.2 Å². The van der Waals surface area contributed by atoms with Gasteiger partial charge < -0.3 is 15.4 Å². The fourth-order valence-electron chi connectivity index (χ4n) is 5.15. The number of fused-ring (bicyclic) bond motifs is 1. The van der Waals surface area contributed by atoms with Gasteiger partial charge in [0.05, 0.1) is 33.9 Å². The number of nitrogens with one attached hydrogen (secondary N) is 2. The number of hydrogen-bond donors (Lipinski definition) is 3. The van der Waals surface area contributed by atoms with E-state index in [-0.39, 0.29) is 11.5 Å². The van der Waals surface area contributed by atoms with Crippen LogP contribution in [-0.2, 0) is 11.7 Å². The molecule has 11 heteroatoms. The molecule has 1 amide bonds. The van der Waals surface area contributed by atoms with Crippen LogP contribution < -0.4 is 5.32 Å². The molecule has 6 rings (SSSR count). The van der Waals surface area contributed by atoms with Gasteiger partial charge in [0, 0.05) is 31.9 Å². The molecule has 5 aromatic rings. The summed E-state index contributed by atoms with van der Waals surface area (Å²) >= 11 is 7.50. The van der Waals surface area contributed by atoms with E-state index in [1.54, 1.807) is 36.5 Å². The molecule has 0 bridgehead atoms. The van der Waals surface area contributed by atoms with Crippen LogP contribution in [0.4, 0.5) is 13.2 Å². The Hall–Kier alpha value is -4.72. The number of carbonyl (C=O) groups excluding carboxylic acids is 1. The van der Waals surface area contributed by atoms with E-state index in [1.165, 1.54) is 42.1 Å². The van der Waals surface area contributed by atoms with E-state index in [4.69, 9.17) is 11.6 Å². The molecule has 1 saturated carbocycles. The van der Waals surface area contributed by atoms with E-state index in [0.717, 1.165) is 17.7 Å². The summed E-state index contributed by atoms with van der Waals surface area (Å²) in [4.78, 5) is 29.8. The highest BCUT2D eigenvalue weighted by molar-refractivity contribution is 7.99. The van der Waals surface area contributed by atoms with E-state index >= 15 is 0 Å². The number of carboxylic acids is 1. The number of H-pyrrole nitrogens is 1. The molecular formula is C33H21ClF3N3O3S. The molecule has 0 unspecified atom stereocenters. The molecule has 3 N–H and O–H groups in total. The van der Waals surface area contributed by atoms with Gasteiger partial charge in [-0.25, -0.2) is 4.79 Å². The second kappa shape index (κ2) is 11.1. The Labute approximate surface area is 258 Å². The first-order valence-electron chi connectivity index (χ1n) is 13.3. The first-order valence-corrected chi connectivity index (χ1v) is 14.5. The minimum atomic E-state index is -4.45. The maximum atomic E-state index is 14.1. The summed E-state index contributed by atoms with van der Waals surface area (Å²) < 4.78 is 39.3. The molecule has 1 aromatic heterocycles. The van der Waals surface area contributed by atoms with Gasteiger partial charge in [0.25, 0.3) is 5.91 Å². The largest absolute Gasteiger partial charge is 0.478 e. The lowest BCUT2D eigenvalue weighted by atomic mass is 9.97. The van der Waals surface area contributed by atoms with E-state index in [1.807, 2.05) is 6.07 Å². The van der Waals surface area contributed by atoms with Gasteiger partial charge in [0.1, 0.15) is 0 Å². The fourth-order valence-corrected chi connectivity index (χ4v) is 6.35. The number of nitriles is 1. The zero-order valence-corrected chi connectivity index (χ0v) is 24.2. The second-order valence-corrected chi connectivity index (χ2v) is 12.0. The molecule has 0 aliphatic heterocycles. The molecule has 1 fully saturated rings. The molecule has 44 heavy (non-hydrogen) atoms. The Kier molecular flexibility index (Phi) is 7.40. The number of rotatable bonds is 7. The molecule has 4 aromatic carbocycles. The molecule has 0 saturated heterocycles. The fraction of sp³-hybridized carbons (Fsp3) is 0.121. The summed E-state index contributed by atoms with van der Waals surface area (Å²) in [6, 6.07) is 21.7. The van der Waals surface area contributed by atoms with Crippen molar-refractivity contribution in [3.63, 3.8) is 0 Å². The SMILES string of the molecule is N#Cc1cc(Cl)cc(-c2cc(C(=O)NC3(c4ccc(C(=O)O)cc4)CC3)c3c(Sc4ccc(C(F)(F)F)cc4)c[nH]c3c2)c1. The molecule has 220 valence electrons. The zero-order valence-electron chi connectivity index (χ0n) is 22.6. The number of aromatic nitrogens is 1. The van der Waals surface area contributed by atoms with E-state index in [0.29, 0.717) is 60.8 Å². The van der Waals surface area contributed by atoms with Crippen molar-refractivity contribution < 1.29 is 27.9 Å². The van der Waals surface area contributed by atoms with Crippen molar-refractivity contribution in [1.82, 2.24) is 10.3 Å². The van der Waals surface area contributed by atoms with Gasteiger partial charge in [-0.05, 0) is 96.3 Å². The Balaban J connectivity index is 1.42. The number of carbonyl (C=O) groups is 2. The molecule has 0 radical (unpaired) electrons. The van der Waals surface area contributed by atoms with Crippen LogP contribution in [-0.4, -0.2) is 22.0 Å². The van der Waals surface area contributed by atoms with Crippen molar-refractivity contribution in [3.8, 4) is 17.2 Å². The van der Waals surface area contributed by atoms with Crippen molar-refractivity contribution in [2.45, 2.75) is 34.3 Å². The molecule has 1 heterocycles. The van der Waals surface area contributed by atoms with Crippen molar-refractivity contribution in [1.29, 1.82) is 5.26 Å². The first-order chi connectivity index (χ1) is 21.0. The van der Waals surface area contributed by atoms with E-state index in [2.05, 4.69) is 16.4 Å². The maximum Gasteiger partial charge on any atom is 0.416 e. The molecule has 0 atom stereocenters. The normalized spacial score (nSPS) is 13.8. The van der Waals surface area contributed by atoms with E-state index in [9.17, 15) is 33.1 Å². The highest BCUT2D eigenvalue weighted by Crippen LogP contribution is 2.46. The Morgan fingerprint density at radius 2 is 1.66 bits per heavy atom. The first kappa shape index (κ1) is 29.4. The van der Waals surface area contributed by atoms with Crippen molar-refractivity contribution in [2.75, 3.05) is 0 Å². The van der Waals surface area contributed by atoms with Crippen LogP contribution in [0.5, 0.6) is 0 Å². The van der Waals surface area contributed by atoms with Gasteiger partial charge >= 0.3 is 12.1 Å². The second-order valence-electron chi connectivity index (χ2n) is 10.5. The average Bonchev–Trinajstić information content (AvgIpc) is 3.67. The Morgan fingerprint density at radius 3 is 2.27 bits per heavy atom. The number of aromatic carboxylic acids is 1. The summed E-state index contributed by atoms with van der Waals surface area (Å²) in [6.07, 6.45) is -1.43. The van der Waals surface area contributed by atoms with Crippen LogP contribution in [0.25, 0.3) is 22.0 Å². The number of hydrogen-bond acceptors (Lipinski definition) is 4. The Morgan fingerprint density at radius 1 is 0.977 bits per heavy atom. The third-order valence-corrected chi connectivity index (χ3v) is 8.81. The summed E-state index contributed by atoms with van der Waals surface area (Å²) in [5.74, 6) is -1.43. The average molecular weight is 632 g/mol. The minimum absolute atomic E-state index is 0.140. The van der Waals surface area contributed by atoms with Gasteiger partial charge in [-0.15, -0.1) is 0 Å². The van der Waals surface area contributed by atoms with Gasteiger partial charge in [0.15, 0.2) is 0 Å². The molecular weight excluding hydrogens is 611 g/mol. The van der Waals surface area contributed by atoms with Crippen molar-refractivity contribution >= 4 is 46.1 Å². The van der Waals surface area contributed by atoms with Gasteiger partial charge in [0.2, 0.25) is 0 Å². The highest BCUT2D eigenvalue weighted by Gasteiger charge is 2.46. The number of amides is 1. The highest BCUT2D eigenvalue weighted by atomic mass is 35.5. The predicted octanol–water partition coefficient (Wildman–Crippen LogP) is 8.65. The standard InChI is InChI=1S/C33H21ClF3N3O3S/c34-24-12-18(16-38)11-20(13-24)21-14-26(30(41)40-32(9-10-32)22-3-1-19(2-4-22)31(42)43)29-27(15-21)39-17-28(29)44-25-7-5-23(6-8-25)33(35,36)37/h1-8,11-15,17,39H,9-10H2,(H,40,41)(H,42,43). The van der Waals surface area contributed by atoms with Gasteiger partial charge in [-0.3, -0.25) is 4.79 Å². The van der Waals surface area contributed by atoms with Crippen LogP contribution in [0, 0.1) is 11.3 Å². The van der Waals surface area contributed by atoms with Crippen LogP contribution in [0.2, 0.25) is 5.02 Å². The van der Waals surface area contributed by atoms with Crippen LogP contribution >= 0.6 is 23.4 Å². The molecule has 0 spiro atoms. The Bertz CT molecular complexity index is 1980. The lowest BCUT2D eigenvalue weighted by Crippen LogP contribution is -2.35. The lowest BCUT2D eigenvalue weighted by molar-refractivity contribution is -0.137. The van der Waals surface area contributed by atoms with Crippen LogP contribution in [0.3, 0.4) is 0 Å². The number of carboxylic acid groups (broad SMARTS) is 1. The lowest BCUT2D eigenvalue weighted by Gasteiger charge is -2.19. The minimum Gasteiger partial charge on any atom is -0.478 e. The third kappa shape index (κ3) is 5.76. The maximum absolute atomic E-state index is 14.1. The smallest absolute Gasteiger partial charge is 0.416 e. The molecule has 1 aliphatic rings. The van der Waals surface area contributed by atoms with Crippen LogP contribution in [0.15, 0.2) is 94.9 Å². The quantitative estimate of drug-likeness (QED) is 0.167. The zero-order chi connectivity index (χ0) is 31.2. The third-order valence-electron chi connectivity index (χ3n) is 7.55. The number of nitrogens with zero attached hydrogens (tertiary/aromatic N) is 1. The van der Waals surface area contributed by atoms with Crippen molar-refractivity contribution in [3.05, 3.63) is 118 Å². The summed E-state index contributed by atoms with van der Waals surface area (Å²) in [5.41, 5.74) is 2.03. The van der Waals surface area contributed by atoms with Crippen molar-refractivity contribution in [2.24, 2.45) is 0 Å². The van der Waals surface area contributed by atoms with Gasteiger partial charge in [-0.2, -0.15) is 18.4 Å². The molecule has 1 aliphatic carbocycles. The number of alkyl halides is 3. The van der Waals surface area contributed by atoms with Crippen LogP contribution in [0.1, 0.15) is 50.2 Å². The summed E-state index contributed by atoms with van der Waals surface area (Å²) in [7, 11) is 0. The molecule has 6 nitrogen and oxygen atoms in total. The summed E-state index contributed by atoms with van der Waals surface area (Å²) in [6.45, 7) is 0. The predicted molar refractivity (Wildman–Crippen MR) is 161 cm³/mol. The number of benzene rings is 4. The van der Waals surface area contributed by atoms with Gasteiger partial charge in [-0.1, -0.05) is 35.5 Å². The summed E-state index contributed by atoms with van der Waals surface area (Å²) in [5, 5.41) is 22.8.